The Labute approximate surface area is 379 Å². The van der Waals surface area contributed by atoms with Crippen molar-refractivity contribution >= 4 is 11.4 Å². The third kappa shape index (κ3) is 29.7. The van der Waals surface area contributed by atoms with E-state index >= 15 is 0 Å². The van der Waals surface area contributed by atoms with E-state index in [2.05, 4.69) is 86.9 Å². The van der Waals surface area contributed by atoms with Crippen LogP contribution in [0.25, 0.3) is 11.1 Å². The minimum Gasteiger partial charge on any atom is -0.358 e. The summed E-state index contributed by atoms with van der Waals surface area (Å²) in [7, 11) is 0. The maximum atomic E-state index is 9.74. The normalized spacial score (nSPS) is 11.1. The Morgan fingerprint density at radius 3 is 1.27 bits per heavy atom. The van der Waals surface area contributed by atoms with Gasteiger partial charge < -0.3 is 20.4 Å². The van der Waals surface area contributed by atoms with Gasteiger partial charge in [-0.3, -0.25) is 0 Å². The molecule has 0 spiro atoms. The smallest absolute Gasteiger partial charge is 0.358 e. The van der Waals surface area contributed by atoms with Crippen molar-refractivity contribution in [1.29, 1.82) is 0 Å². The van der Waals surface area contributed by atoms with Crippen LogP contribution < -0.4 is 0 Å². The predicted molar refractivity (Wildman–Crippen MR) is 262 cm³/mol. The molecule has 0 amide bonds. The first-order chi connectivity index (χ1) is 27.6. The molecule has 0 aliphatic carbocycles. The summed E-state index contributed by atoms with van der Waals surface area (Å²) in [6.07, 6.45) is 45.9. The van der Waals surface area contributed by atoms with E-state index in [-0.39, 0.29) is 31.3 Å². The maximum Gasteiger partial charge on any atom is 2.00 e. The number of hydrogen-bond acceptors (Lipinski definition) is 0. The van der Waals surface area contributed by atoms with Gasteiger partial charge in [-0.15, -0.1) is 4.79 Å². The van der Waals surface area contributed by atoms with Crippen LogP contribution in [0, 0.1) is 21.8 Å². The quantitative estimate of drug-likeness (QED) is 0.0123. The van der Waals surface area contributed by atoms with Crippen molar-refractivity contribution in [2.45, 2.75) is 246 Å². The van der Waals surface area contributed by atoms with Gasteiger partial charge in [0.1, 0.15) is 0 Å². The summed E-state index contributed by atoms with van der Waals surface area (Å²) < 4.78 is 0. The summed E-state index contributed by atoms with van der Waals surface area (Å²) in [5, 5.41) is 0. The van der Waals surface area contributed by atoms with Gasteiger partial charge in [0.15, 0.2) is 0 Å². The Kier molecular flexibility index (Phi) is 42.5. The fourth-order valence-corrected chi connectivity index (χ4v) is 8.49. The van der Waals surface area contributed by atoms with Crippen molar-refractivity contribution < 1.29 is 21.3 Å². The maximum absolute atomic E-state index is 9.74. The molecular weight excluding hydrogens is 759 g/mol. The summed E-state index contributed by atoms with van der Waals surface area (Å²) >= 11 is 0. The van der Waals surface area contributed by atoms with Crippen LogP contribution in [0.1, 0.15) is 255 Å². The van der Waals surface area contributed by atoms with Gasteiger partial charge in [0.25, 0.3) is 0 Å². The first-order valence-electron chi connectivity index (χ1n) is 24.5. The molecule has 0 heterocycles. The zero-order valence-corrected chi connectivity index (χ0v) is 40.9. The van der Waals surface area contributed by atoms with Crippen molar-refractivity contribution in [2.24, 2.45) is 0 Å². The van der Waals surface area contributed by atoms with E-state index in [1.165, 1.54) is 213 Å². The van der Waals surface area contributed by atoms with Crippen molar-refractivity contribution in [3.05, 3.63) is 102 Å². The second kappa shape index (κ2) is 42.5. The molecular formula is C56H94N2Ni. The van der Waals surface area contributed by atoms with E-state index in [1.54, 1.807) is 0 Å². The largest absolute Gasteiger partial charge is 2.00 e. The van der Waals surface area contributed by atoms with Crippen LogP contribution in [0.4, 0.5) is 0 Å². The molecule has 59 heavy (non-hydrogen) atoms. The van der Waals surface area contributed by atoms with Crippen molar-refractivity contribution in [3.63, 3.8) is 0 Å². The molecule has 0 saturated carbocycles. The molecule has 2 aromatic rings. The number of unbranched alkanes of at least 4 members (excludes halogenated alkanes) is 28. The number of hydrogen-bond donors (Lipinski definition) is 0. The molecule has 0 aliphatic rings. The van der Waals surface area contributed by atoms with Gasteiger partial charge in [-0.05, 0) is 73.3 Å². The monoisotopic (exact) mass is 853 g/mol. The van der Waals surface area contributed by atoms with Gasteiger partial charge >= 0.3 is 22.4 Å². The minimum atomic E-state index is 0. The molecule has 0 aromatic heterocycles. The van der Waals surface area contributed by atoms with Gasteiger partial charge in [-0.1, -0.05) is 255 Å². The topological polar surface area (TPSA) is 36.4 Å². The molecule has 338 valence electrons. The second-order valence-electron chi connectivity index (χ2n) is 17.3. The summed E-state index contributed by atoms with van der Waals surface area (Å²) in [5.41, 5.74) is 18.6. The van der Waals surface area contributed by atoms with Crippen molar-refractivity contribution in [2.75, 3.05) is 0 Å². The number of allylic oxidation sites excluding steroid dienone is 2. The Balaban J connectivity index is 0. The molecule has 2 nitrogen and oxygen atoms in total. The molecule has 0 unspecified atom stereocenters. The fraction of sp³-hybridized carbons (Fsp3) is 0.679. The zero-order chi connectivity index (χ0) is 40.2. The molecule has 2 rings (SSSR count). The number of nitrogens with zero attached hydrogens (tertiary/aromatic N) is 2. The molecule has 3 heteroatoms. The van der Waals surface area contributed by atoms with Gasteiger partial charge in [0.05, 0.1) is 5.57 Å². The SMILES string of the molecule is CCCCCCCCCCCCCCCCCCCCCCCCCCCCCC(C(=C=[N+]=[N-])CCCC)=C(c1cccc(C)c1)c1cccc(CCCC)c1.[CH3-].[CH3-].[Ni+2]. The van der Waals surface area contributed by atoms with Crippen molar-refractivity contribution in [1.82, 2.24) is 0 Å². The average molecular weight is 854 g/mol. The van der Waals surface area contributed by atoms with Crippen LogP contribution in [0.15, 0.2) is 59.7 Å². The summed E-state index contributed by atoms with van der Waals surface area (Å²) in [4.78, 5) is 3.48. The Hall–Kier alpha value is -2.17. The third-order valence-corrected chi connectivity index (χ3v) is 12.0. The molecule has 0 atom stereocenters. The van der Waals surface area contributed by atoms with Crippen LogP contribution in [0.2, 0.25) is 0 Å². The van der Waals surface area contributed by atoms with E-state index in [4.69, 9.17) is 0 Å². The Bertz CT molecular complexity index is 1360. The number of rotatable bonds is 37. The van der Waals surface area contributed by atoms with Gasteiger partial charge in [-0.25, -0.2) is 0 Å². The predicted octanol–water partition coefficient (Wildman–Crippen LogP) is 19.0. The van der Waals surface area contributed by atoms with E-state index in [0.717, 1.165) is 44.1 Å². The summed E-state index contributed by atoms with van der Waals surface area (Å²) in [6, 6.07) is 18.1. The molecule has 2 aromatic carbocycles. The van der Waals surface area contributed by atoms with Gasteiger partial charge in [-0.2, -0.15) is 0 Å². The van der Waals surface area contributed by atoms with Crippen molar-refractivity contribution in [3.8, 4) is 0 Å². The van der Waals surface area contributed by atoms with E-state index in [1.807, 2.05) is 0 Å². The van der Waals surface area contributed by atoms with E-state index in [0.29, 0.717) is 0 Å². The molecule has 0 bridgehead atoms. The fourth-order valence-electron chi connectivity index (χ4n) is 8.49. The molecule has 0 saturated heterocycles. The van der Waals surface area contributed by atoms with Crippen LogP contribution in [-0.2, 0) is 22.9 Å². The number of benzene rings is 2. The molecule has 0 radical (unpaired) electrons. The summed E-state index contributed by atoms with van der Waals surface area (Å²) in [6.45, 7) is 8.99. The van der Waals surface area contributed by atoms with Gasteiger partial charge in [0, 0.05) is 0 Å². The standard InChI is InChI=1S/C54H88N2.2CH3.Ni/c1-5-8-11-12-13-14-15-16-17-18-19-20-21-22-23-24-25-26-27-28-29-30-31-32-33-34-35-44-53(52(47-56-55)41-10-7-3)54(50-42-36-38-48(4)45-50)51-43-37-40-49(46-51)39-9-6-2;;;/h36-38,40,42-43,45-46H,5-35,39,41,44H2,1-4H3;2*1H3;/q;2*-1;+2. The van der Waals surface area contributed by atoms with Crippen LogP contribution in [-0.4, -0.2) is 10.7 Å². The van der Waals surface area contributed by atoms with Crippen LogP contribution >= 0.6 is 0 Å². The van der Waals surface area contributed by atoms with Crippen LogP contribution in [0.5, 0.6) is 0 Å². The first-order valence-corrected chi connectivity index (χ1v) is 24.5. The number of aryl methyl sites for hydroxylation is 2. The average Bonchev–Trinajstić information content (AvgIpc) is 3.21. The van der Waals surface area contributed by atoms with Gasteiger partial charge in [0.2, 0.25) is 0 Å². The Morgan fingerprint density at radius 1 is 0.475 bits per heavy atom. The second-order valence-corrected chi connectivity index (χ2v) is 17.3. The molecule has 0 N–H and O–H groups in total. The minimum absolute atomic E-state index is 0. The third-order valence-electron chi connectivity index (χ3n) is 12.0. The van der Waals surface area contributed by atoms with Crippen LogP contribution in [0.3, 0.4) is 0 Å². The first kappa shape index (κ1) is 58.9. The summed E-state index contributed by atoms with van der Waals surface area (Å²) in [5.74, 6) is 3.06. The molecule has 0 fully saturated rings. The van der Waals surface area contributed by atoms with E-state index in [9.17, 15) is 5.53 Å². The van der Waals surface area contributed by atoms with E-state index < -0.39 is 0 Å². The zero-order valence-electron chi connectivity index (χ0n) is 39.9. The Morgan fingerprint density at radius 2 is 0.864 bits per heavy atom. The molecule has 0 aliphatic heterocycles.